The molecule has 1 saturated heterocycles. The maximum Gasteiger partial charge on any atom is 0.414 e. The van der Waals surface area contributed by atoms with Gasteiger partial charge in [-0.3, -0.25) is 9.80 Å². The molecule has 182 valence electrons. The Balaban J connectivity index is 1.24. The molecule has 1 fully saturated rings. The molecule has 2 aromatic carbocycles. The number of nitrogens with zero attached hydrogens (tertiary/aromatic N) is 3. The van der Waals surface area contributed by atoms with Crippen LogP contribution in [0.3, 0.4) is 0 Å². The number of hydrogen-bond donors (Lipinski definition) is 0. The highest BCUT2D eigenvalue weighted by atomic mass is 19.1. The zero-order chi connectivity index (χ0) is 24.4. The van der Waals surface area contributed by atoms with Crippen LogP contribution >= 0.6 is 0 Å². The van der Waals surface area contributed by atoms with E-state index in [4.69, 9.17) is 14.0 Å². The fourth-order valence-corrected chi connectivity index (χ4v) is 4.35. The minimum absolute atomic E-state index is 0.0340. The first-order chi connectivity index (χ1) is 17.0. The number of ether oxygens (including phenoxy) is 2. The first-order valence-electron chi connectivity index (χ1n) is 11.5. The van der Waals surface area contributed by atoms with Gasteiger partial charge in [0.25, 0.3) is 0 Å². The minimum atomic E-state index is -0.701. The molecule has 1 aromatic heterocycles. The number of benzene rings is 2. The molecular formula is C26H25F2N3O4. The highest BCUT2D eigenvalue weighted by Crippen LogP contribution is 2.32. The van der Waals surface area contributed by atoms with Gasteiger partial charge in [0.05, 0.1) is 17.9 Å². The van der Waals surface area contributed by atoms with E-state index in [0.717, 1.165) is 6.54 Å². The molecule has 5 rings (SSSR count). The fraction of sp³-hybridized carbons (Fsp3) is 0.308. The normalized spacial score (nSPS) is 18.5. The maximum atomic E-state index is 15.1. The summed E-state index contributed by atoms with van der Waals surface area (Å²) in [5.41, 5.74) is 2.56. The van der Waals surface area contributed by atoms with E-state index in [2.05, 4.69) is 22.2 Å². The van der Waals surface area contributed by atoms with Crippen molar-refractivity contribution in [2.75, 3.05) is 31.1 Å². The first kappa shape index (κ1) is 23.0. The third-order valence-electron chi connectivity index (χ3n) is 6.09. The van der Waals surface area contributed by atoms with Crippen LogP contribution in [-0.4, -0.2) is 48.5 Å². The van der Waals surface area contributed by atoms with E-state index in [-0.39, 0.29) is 30.3 Å². The summed E-state index contributed by atoms with van der Waals surface area (Å²) >= 11 is 0. The van der Waals surface area contributed by atoms with Crippen molar-refractivity contribution in [1.29, 1.82) is 0 Å². The molecule has 3 heterocycles. The molecule has 3 aromatic rings. The minimum Gasteiger partial charge on any atom is -0.460 e. The summed E-state index contributed by atoms with van der Waals surface area (Å²) in [7, 11) is 0. The quantitative estimate of drug-likeness (QED) is 0.476. The van der Waals surface area contributed by atoms with Crippen LogP contribution in [0.2, 0.25) is 0 Å². The highest BCUT2D eigenvalue weighted by Gasteiger charge is 2.34. The number of cyclic esters (lactones) is 1. The van der Waals surface area contributed by atoms with Gasteiger partial charge in [-0.25, -0.2) is 13.6 Å². The summed E-state index contributed by atoms with van der Waals surface area (Å²) in [6.07, 6.45) is 1.10. The van der Waals surface area contributed by atoms with Gasteiger partial charge in [-0.15, -0.1) is 0 Å². The Morgan fingerprint density at radius 1 is 1.14 bits per heavy atom. The highest BCUT2D eigenvalue weighted by molar-refractivity contribution is 5.90. The van der Waals surface area contributed by atoms with Crippen LogP contribution in [0.15, 0.2) is 59.1 Å². The summed E-state index contributed by atoms with van der Waals surface area (Å²) in [6.45, 7) is 3.98. The lowest BCUT2D eigenvalue weighted by molar-refractivity contribution is 0.0904. The van der Waals surface area contributed by atoms with Gasteiger partial charge >= 0.3 is 12.0 Å². The largest absolute Gasteiger partial charge is 0.460 e. The van der Waals surface area contributed by atoms with Crippen molar-refractivity contribution in [2.45, 2.75) is 26.0 Å². The summed E-state index contributed by atoms with van der Waals surface area (Å²) in [6, 6.07) is 14.1. The first-order valence-corrected chi connectivity index (χ1v) is 11.5. The molecule has 0 unspecified atom stereocenters. The molecule has 0 N–H and O–H groups in total. The summed E-state index contributed by atoms with van der Waals surface area (Å²) in [5.74, 6) is -1.19. The lowest BCUT2D eigenvalue weighted by Crippen LogP contribution is -2.28. The van der Waals surface area contributed by atoms with Gasteiger partial charge in [0.15, 0.2) is 6.10 Å². The molecular weight excluding hydrogens is 456 g/mol. The molecule has 9 heteroatoms. The van der Waals surface area contributed by atoms with Gasteiger partial charge in [-0.05, 0) is 36.6 Å². The van der Waals surface area contributed by atoms with Crippen molar-refractivity contribution in [3.05, 3.63) is 83.1 Å². The van der Waals surface area contributed by atoms with E-state index < -0.39 is 23.8 Å². The molecule has 35 heavy (non-hydrogen) atoms. The Bertz CT molecular complexity index is 1220. The number of aryl methyl sites for hydroxylation is 1. The monoisotopic (exact) mass is 481 g/mol. The van der Waals surface area contributed by atoms with Crippen LogP contribution in [0.4, 0.5) is 19.3 Å². The Labute approximate surface area is 201 Å². The summed E-state index contributed by atoms with van der Waals surface area (Å²) in [5, 5.41) is 3.72. The van der Waals surface area contributed by atoms with Gasteiger partial charge in [0.1, 0.15) is 18.2 Å². The molecule has 1 amide bonds. The van der Waals surface area contributed by atoms with Gasteiger partial charge in [-0.2, -0.15) is 0 Å². The van der Waals surface area contributed by atoms with Crippen molar-refractivity contribution in [2.24, 2.45) is 0 Å². The third-order valence-corrected chi connectivity index (χ3v) is 6.09. The predicted octanol–water partition coefficient (Wildman–Crippen LogP) is 4.95. The molecule has 7 nitrogen and oxygen atoms in total. The molecule has 0 spiro atoms. The van der Waals surface area contributed by atoms with E-state index in [0.29, 0.717) is 30.8 Å². The van der Waals surface area contributed by atoms with Crippen LogP contribution in [-0.2, 0) is 11.3 Å². The number of hydrogen-bond acceptors (Lipinski definition) is 6. The lowest BCUT2D eigenvalue weighted by atomic mass is 9.97. The van der Waals surface area contributed by atoms with Crippen molar-refractivity contribution >= 4 is 17.4 Å². The predicted molar refractivity (Wildman–Crippen MR) is 125 cm³/mol. The number of carbonyl (C=O) groups excluding carboxylic acids is 1. The van der Waals surface area contributed by atoms with Gasteiger partial charge < -0.3 is 14.0 Å². The fourth-order valence-electron chi connectivity index (χ4n) is 4.35. The standard InChI is InChI=1S/C26H25F2N3O4/c1-17-11-24(35-29-17)33-16-21-15-31(26(32)34-21)20-12-22(27)25(23(28)13-20)19-7-9-30(10-8-19)14-18-5-3-2-4-6-18/h2-7,11-13,21H,8-10,14-16H2,1H3/t21-/m1/s1. The van der Waals surface area contributed by atoms with Crippen molar-refractivity contribution in [3.63, 3.8) is 0 Å². The number of anilines is 1. The van der Waals surface area contributed by atoms with Crippen molar-refractivity contribution < 1.29 is 27.6 Å². The second kappa shape index (κ2) is 9.87. The smallest absolute Gasteiger partial charge is 0.414 e. The Morgan fingerprint density at radius 2 is 1.91 bits per heavy atom. The van der Waals surface area contributed by atoms with E-state index in [1.165, 1.54) is 22.6 Å². The molecule has 0 aliphatic carbocycles. The molecule has 0 bridgehead atoms. The number of rotatable bonds is 7. The van der Waals surface area contributed by atoms with E-state index in [1.54, 1.807) is 13.0 Å². The Hall–Kier alpha value is -3.72. The van der Waals surface area contributed by atoms with Gasteiger partial charge in [0.2, 0.25) is 0 Å². The third kappa shape index (κ3) is 5.19. The van der Waals surface area contributed by atoms with Crippen molar-refractivity contribution in [3.8, 4) is 5.95 Å². The van der Waals surface area contributed by atoms with Gasteiger partial charge in [-0.1, -0.05) is 41.6 Å². The maximum absolute atomic E-state index is 15.1. The van der Waals surface area contributed by atoms with E-state index in [1.807, 2.05) is 24.3 Å². The zero-order valence-corrected chi connectivity index (χ0v) is 19.2. The molecule has 1 atom stereocenters. The number of amides is 1. The average molecular weight is 481 g/mol. The lowest BCUT2D eigenvalue weighted by Gasteiger charge is -2.27. The molecule has 2 aliphatic heterocycles. The topological polar surface area (TPSA) is 68.0 Å². The van der Waals surface area contributed by atoms with E-state index >= 15 is 8.78 Å². The van der Waals surface area contributed by atoms with Crippen LogP contribution in [0.25, 0.3) is 5.57 Å². The number of carbonyl (C=O) groups is 1. The second-order valence-corrected chi connectivity index (χ2v) is 8.70. The molecule has 0 saturated carbocycles. The van der Waals surface area contributed by atoms with E-state index in [9.17, 15) is 4.79 Å². The summed E-state index contributed by atoms with van der Waals surface area (Å²) < 4.78 is 45.8. The van der Waals surface area contributed by atoms with Crippen molar-refractivity contribution in [1.82, 2.24) is 10.1 Å². The molecule has 0 radical (unpaired) electrons. The Kier molecular flexibility index (Phi) is 6.50. The van der Waals surface area contributed by atoms with Crippen LogP contribution in [0.5, 0.6) is 5.95 Å². The Morgan fingerprint density at radius 3 is 2.57 bits per heavy atom. The summed E-state index contributed by atoms with van der Waals surface area (Å²) in [4.78, 5) is 15.8. The van der Waals surface area contributed by atoms with Gasteiger partial charge in [0, 0.05) is 31.3 Å². The number of aromatic nitrogens is 1. The average Bonchev–Trinajstić information content (AvgIpc) is 3.43. The van der Waals surface area contributed by atoms with Crippen LogP contribution in [0.1, 0.15) is 23.2 Å². The SMILES string of the molecule is Cc1cc(OC[C@H]2CN(c3cc(F)c(C4=CCN(Cc5ccccc5)CC4)c(F)c3)C(=O)O2)on1. The van der Waals surface area contributed by atoms with Crippen LogP contribution in [0, 0.1) is 18.6 Å². The second-order valence-electron chi connectivity index (χ2n) is 8.70. The number of halogens is 2. The zero-order valence-electron chi connectivity index (χ0n) is 19.2. The van der Waals surface area contributed by atoms with Crippen LogP contribution < -0.4 is 9.64 Å². The molecule has 2 aliphatic rings.